The van der Waals surface area contributed by atoms with Gasteiger partial charge in [0.2, 0.25) is 0 Å². The first-order chi connectivity index (χ1) is 9.51. The van der Waals surface area contributed by atoms with Gasteiger partial charge in [-0.2, -0.15) is 0 Å². The van der Waals surface area contributed by atoms with Crippen LogP contribution >= 0.6 is 0 Å². The molecule has 20 heavy (non-hydrogen) atoms. The highest BCUT2D eigenvalue weighted by molar-refractivity contribution is 5.95. The summed E-state index contributed by atoms with van der Waals surface area (Å²) in [5.74, 6) is -0.560. The van der Waals surface area contributed by atoms with E-state index in [4.69, 9.17) is 15.2 Å². The van der Waals surface area contributed by atoms with Crippen LogP contribution in [0, 0.1) is 0 Å². The predicted molar refractivity (Wildman–Crippen MR) is 73.4 cm³/mol. The Labute approximate surface area is 117 Å². The Bertz CT molecular complexity index is 526. The van der Waals surface area contributed by atoms with E-state index < -0.39 is 12.1 Å². The number of hydrogen-bond donors (Lipinski definition) is 2. The van der Waals surface area contributed by atoms with E-state index in [-0.39, 0.29) is 17.5 Å². The van der Waals surface area contributed by atoms with Gasteiger partial charge in [0.15, 0.2) is 6.10 Å². The molecule has 1 aromatic carbocycles. The first-order valence-corrected chi connectivity index (χ1v) is 6.46. The summed E-state index contributed by atoms with van der Waals surface area (Å²) in [5.41, 5.74) is 6.27. The molecule has 1 amide bonds. The van der Waals surface area contributed by atoms with Crippen LogP contribution in [0.1, 0.15) is 30.1 Å². The third-order valence-corrected chi connectivity index (χ3v) is 3.02. The number of rotatable bonds is 5. The molecule has 1 aromatic rings. The highest BCUT2D eigenvalue weighted by atomic mass is 16.5. The maximum atomic E-state index is 12.1. The lowest BCUT2D eigenvalue weighted by Crippen LogP contribution is -2.37. The molecule has 2 rings (SSSR count). The topological polar surface area (TPSA) is 90.7 Å². The summed E-state index contributed by atoms with van der Waals surface area (Å²) in [6.07, 6.45) is 1.11. The summed E-state index contributed by atoms with van der Waals surface area (Å²) < 4.78 is 10.2. The van der Waals surface area contributed by atoms with Crippen LogP contribution in [0.15, 0.2) is 18.2 Å². The maximum absolute atomic E-state index is 12.1. The predicted octanol–water partition coefficient (Wildman–Crippen LogP) is 1.10. The standard InChI is InChI=1S/C14H18N2O4/c1-8(13(17)16-10-4-5-10)20-14(18)11-7-9(15)3-6-12(11)19-2/h3,6-8,10H,4-5,15H2,1-2H3,(H,16,17). The van der Waals surface area contributed by atoms with E-state index in [1.807, 2.05) is 0 Å². The first-order valence-electron chi connectivity index (χ1n) is 6.46. The number of carbonyl (C=O) groups excluding carboxylic acids is 2. The van der Waals surface area contributed by atoms with Crippen LogP contribution in [0.25, 0.3) is 0 Å². The number of nitrogen functional groups attached to an aromatic ring is 1. The maximum Gasteiger partial charge on any atom is 0.342 e. The molecule has 0 saturated heterocycles. The molecule has 1 fully saturated rings. The Morgan fingerprint density at radius 3 is 2.70 bits per heavy atom. The van der Waals surface area contributed by atoms with E-state index in [0.717, 1.165) is 12.8 Å². The van der Waals surface area contributed by atoms with E-state index >= 15 is 0 Å². The van der Waals surface area contributed by atoms with Crippen LogP contribution in [0.5, 0.6) is 5.75 Å². The zero-order valence-electron chi connectivity index (χ0n) is 11.5. The van der Waals surface area contributed by atoms with Crippen LogP contribution in [0.4, 0.5) is 5.69 Å². The number of nitrogens with one attached hydrogen (secondary N) is 1. The molecule has 108 valence electrons. The molecule has 3 N–H and O–H groups in total. The number of carbonyl (C=O) groups is 2. The van der Waals surface area contributed by atoms with E-state index in [1.54, 1.807) is 12.1 Å². The Morgan fingerprint density at radius 1 is 1.40 bits per heavy atom. The minimum absolute atomic E-state index is 0.207. The molecule has 0 aromatic heterocycles. The van der Waals surface area contributed by atoms with Crippen LogP contribution in [-0.2, 0) is 9.53 Å². The molecule has 6 nitrogen and oxygen atoms in total. The summed E-state index contributed by atoms with van der Waals surface area (Å²) in [7, 11) is 1.45. The number of nitrogens with two attached hydrogens (primary N) is 1. The van der Waals surface area contributed by atoms with Gasteiger partial charge in [-0.05, 0) is 38.0 Å². The first kappa shape index (κ1) is 14.2. The number of benzene rings is 1. The lowest BCUT2D eigenvalue weighted by molar-refractivity contribution is -0.129. The molecular formula is C14H18N2O4. The van der Waals surface area contributed by atoms with Crippen LogP contribution in [0.2, 0.25) is 0 Å². The molecule has 0 bridgehead atoms. The van der Waals surface area contributed by atoms with Gasteiger partial charge in [-0.1, -0.05) is 0 Å². The fourth-order valence-electron chi connectivity index (χ4n) is 1.71. The van der Waals surface area contributed by atoms with Gasteiger partial charge in [0.1, 0.15) is 11.3 Å². The number of esters is 1. The Balaban J connectivity index is 2.03. The lowest BCUT2D eigenvalue weighted by atomic mass is 10.2. The largest absolute Gasteiger partial charge is 0.496 e. The third-order valence-electron chi connectivity index (χ3n) is 3.02. The van der Waals surface area contributed by atoms with Gasteiger partial charge in [-0.15, -0.1) is 0 Å². The second-order valence-electron chi connectivity index (χ2n) is 4.79. The second-order valence-corrected chi connectivity index (χ2v) is 4.79. The molecule has 0 aliphatic heterocycles. The summed E-state index contributed by atoms with van der Waals surface area (Å²) in [5, 5.41) is 2.78. The second kappa shape index (κ2) is 5.81. The van der Waals surface area contributed by atoms with Gasteiger partial charge >= 0.3 is 5.97 Å². The number of hydrogen-bond acceptors (Lipinski definition) is 5. The molecule has 6 heteroatoms. The smallest absolute Gasteiger partial charge is 0.342 e. The fraction of sp³-hybridized carbons (Fsp3) is 0.429. The summed E-state index contributed by atoms with van der Waals surface area (Å²) in [6.45, 7) is 1.54. The Morgan fingerprint density at radius 2 is 2.10 bits per heavy atom. The van der Waals surface area contributed by atoms with Crippen LogP contribution in [0.3, 0.4) is 0 Å². The van der Waals surface area contributed by atoms with Crippen molar-refractivity contribution in [2.24, 2.45) is 0 Å². The molecule has 1 saturated carbocycles. The molecule has 1 atom stereocenters. The summed E-state index contributed by atoms with van der Waals surface area (Å²) >= 11 is 0. The van der Waals surface area contributed by atoms with Crippen molar-refractivity contribution in [3.63, 3.8) is 0 Å². The lowest BCUT2D eigenvalue weighted by Gasteiger charge is -2.14. The van der Waals surface area contributed by atoms with Crippen molar-refractivity contribution >= 4 is 17.6 Å². The van der Waals surface area contributed by atoms with E-state index in [1.165, 1.54) is 20.1 Å². The molecule has 1 aliphatic carbocycles. The van der Waals surface area contributed by atoms with E-state index in [2.05, 4.69) is 5.32 Å². The molecule has 1 aliphatic rings. The van der Waals surface area contributed by atoms with Crippen molar-refractivity contribution < 1.29 is 19.1 Å². The SMILES string of the molecule is COc1ccc(N)cc1C(=O)OC(C)C(=O)NC1CC1. The van der Waals surface area contributed by atoms with E-state index in [9.17, 15) is 9.59 Å². The number of ether oxygens (including phenoxy) is 2. The minimum atomic E-state index is -0.853. The van der Waals surface area contributed by atoms with Gasteiger partial charge in [0.05, 0.1) is 7.11 Å². The molecule has 0 heterocycles. The van der Waals surface area contributed by atoms with Crippen molar-refractivity contribution in [2.75, 3.05) is 12.8 Å². The van der Waals surface area contributed by atoms with Crippen molar-refractivity contribution in [3.8, 4) is 5.75 Å². The van der Waals surface area contributed by atoms with Crippen LogP contribution < -0.4 is 15.8 Å². The fourth-order valence-corrected chi connectivity index (χ4v) is 1.71. The number of methoxy groups -OCH3 is 1. The summed E-state index contributed by atoms with van der Waals surface area (Å²) in [4.78, 5) is 23.8. The highest BCUT2D eigenvalue weighted by Gasteiger charge is 2.28. The zero-order valence-corrected chi connectivity index (χ0v) is 11.5. The van der Waals surface area contributed by atoms with Crippen molar-refractivity contribution in [2.45, 2.75) is 31.9 Å². The quantitative estimate of drug-likeness (QED) is 0.621. The van der Waals surface area contributed by atoms with Gasteiger partial charge < -0.3 is 20.5 Å². The molecule has 0 spiro atoms. The van der Waals surface area contributed by atoms with Gasteiger partial charge in [0.25, 0.3) is 5.91 Å². The normalized spacial score (nSPS) is 15.3. The van der Waals surface area contributed by atoms with Crippen LogP contribution in [-0.4, -0.2) is 31.1 Å². The van der Waals surface area contributed by atoms with Gasteiger partial charge in [0, 0.05) is 11.7 Å². The van der Waals surface area contributed by atoms with Gasteiger partial charge in [-0.25, -0.2) is 4.79 Å². The monoisotopic (exact) mass is 278 g/mol. The molecular weight excluding hydrogens is 260 g/mol. The highest BCUT2D eigenvalue weighted by Crippen LogP contribution is 2.23. The van der Waals surface area contributed by atoms with E-state index in [0.29, 0.717) is 11.4 Å². The number of anilines is 1. The third kappa shape index (κ3) is 3.40. The molecule has 1 unspecified atom stereocenters. The van der Waals surface area contributed by atoms with Gasteiger partial charge in [-0.3, -0.25) is 4.79 Å². The summed E-state index contributed by atoms with van der Waals surface area (Å²) in [6, 6.07) is 4.90. The number of amides is 1. The average Bonchev–Trinajstić information content (AvgIpc) is 3.22. The van der Waals surface area contributed by atoms with Crippen molar-refractivity contribution in [1.82, 2.24) is 5.32 Å². The minimum Gasteiger partial charge on any atom is -0.496 e. The Hall–Kier alpha value is -2.24. The Kier molecular flexibility index (Phi) is 4.12. The van der Waals surface area contributed by atoms with Crippen molar-refractivity contribution in [1.29, 1.82) is 0 Å². The average molecular weight is 278 g/mol. The zero-order chi connectivity index (χ0) is 14.7. The molecule has 0 radical (unpaired) electrons. The van der Waals surface area contributed by atoms with Crippen molar-refractivity contribution in [3.05, 3.63) is 23.8 Å².